The Kier molecular flexibility index (Phi) is 5.55. The molecule has 0 spiro atoms. The van der Waals surface area contributed by atoms with Gasteiger partial charge in [0.05, 0.1) is 6.21 Å². The lowest BCUT2D eigenvalue weighted by atomic mass is 10.1. The van der Waals surface area contributed by atoms with E-state index in [2.05, 4.69) is 10.5 Å². The average molecular weight is 317 g/mol. The van der Waals surface area contributed by atoms with Crippen molar-refractivity contribution in [3.63, 3.8) is 0 Å². The number of hydrogen-bond acceptors (Lipinski definition) is 3. The Bertz CT molecular complexity index is 699. The van der Waals surface area contributed by atoms with E-state index in [-0.39, 0.29) is 12.5 Å². The molecule has 0 aliphatic heterocycles. The van der Waals surface area contributed by atoms with E-state index in [1.54, 1.807) is 6.07 Å². The van der Waals surface area contributed by atoms with Crippen molar-refractivity contribution in [1.29, 1.82) is 0 Å². The number of benzene rings is 2. The molecule has 1 amide bonds. The van der Waals surface area contributed by atoms with Crippen molar-refractivity contribution in [2.24, 2.45) is 5.10 Å². The van der Waals surface area contributed by atoms with Gasteiger partial charge in [0.2, 0.25) is 0 Å². The van der Waals surface area contributed by atoms with Crippen molar-refractivity contribution in [3.05, 3.63) is 64.2 Å². The van der Waals surface area contributed by atoms with Gasteiger partial charge in [-0.25, -0.2) is 5.43 Å². The van der Waals surface area contributed by atoms with Crippen LogP contribution in [0.15, 0.2) is 47.6 Å². The third kappa shape index (κ3) is 4.60. The van der Waals surface area contributed by atoms with E-state index in [1.807, 2.05) is 50.2 Å². The fraction of sp³-hybridized carbons (Fsp3) is 0.176. The number of nitrogens with one attached hydrogen (secondary N) is 1. The van der Waals surface area contributed by atoms with Crippen LogP contribution in [0.2, 0.25) is 5.02 Å². The van der Waals surface area contributed by atoms with Gasteiger partial charge in [-0.2, -0.15) is 5.10 Å². The van der Waals surface area contributed by atoms with E-state index in [4.69, 9.17) is 16.3 Å². The summed E-state index contributed by atoms with van der Waals surface area (Å²) in [5.74, 6) is 0.370. The molecule has 0 saturated heterocycles. The third-order valence-electron chi connectivity index (χ3n) is 3.00. The van der Waals surface area contributed by atoms with E-state index in [0.717, 1.165) is 16.7 Å². The maximum Gasteiger partial charge on any atom is 0.277 e. The predicted molar refractivity (Wildman–Crippen MR) is 88.6 cm³/mol. The van der Waals surface area contributed by atoms with Crippen LogP contribution in [0.25, 0.3) is 0 Å². The summed E-state index contributed by atoms with van der Waals surface area (Å²) in [6.07, 6.45) is 1.50. The van der Waals surface area contributed by atoms with E-state index in [0.29, 0.717) is 10.8 Å². The Morgan fingerprint density at radius 3 is 2.82 bits per heavy atom. The molecule has 0 fully saturated rings. The number of aryl methyl sites for hydroxylation is 2. The summed E-state index contributed by atoms with van der Waals surface area (Å²) in [7, 11) is 0. The SMILES string of the molecule is Cc1ccc(C)c(OCC(=O)N/N=C\c2ccccc2Cl)c1. The molecular weight excluding hydrogens is 300 g/mol. The zero-order valence-corrected chi connectivity index (χ0v) is 13.2. The molecule has 22 heavy (non-hydrogen) atoms. The van der Waals surface area contributed by atoms with Crippen molar-refractivity contribution >= 4 is 23.7 Å². The number of nitrogens with zero attached hydrogens (tertiary/aromatic N) is 1. The number of carbonyl (C=O) groups excluding carboxylic acids is 1. The Balaban J connectivity index is 1.86. The zero-order chi connectivity index (χ0) is 15.9. The first-order valence-corrected chi connectivity index (χ1v) is 7.20. The van der Waals surface area contributed by atoms with Gasteiger partial charge in [-0.15, -0.1) is 0 Å². The fourth-order valence-electron chi connectivity index (χ4n) is 1.79. The highest BCUT2D eigenvalue weighted by Gasteiger charge is 2.04. The van der Waals surface area contributed by atoms with Gasteiger partial charge in [-0.3, -0.25) is 4.79 Å². The van der Waals surface area contributed by atoms with E-state index >= 15 is 0 Å². The lowest BCUT2D eigenvalue weighted by Gasteiger charge is -2.08. The van der Waals surface area contributed by atoms with Crippen molar-refractivity contribution in [2.45, 2.75) is 13.8 Å². The van der Waals surface area contributed by atoms with Gasteiger partial charge in [0.1, 0.15) is 5.75 Å². The molecule has 0 aromatic heterocycles. The number of hydrogen-bond donors (Lipinski definition) is 1. The van der Waals surface area contributed by atoms with Crippen LogP contribution in [0.1, 0.15) is 16.7 Å². The first-order chi connectivity index (χ1) is 10.6. The number of hydrazone groups is 1. The number of rotatable bonds is 5. The van der Waals surface area contributed by atoms with Crippen LogP contribution in [-0.2, 0) is 4.79 Å². The second-order valence-corrected chi connectivity index (χ2v) is 5.28. The Labute approximate surface area is 134 Å². The first-order valence-electron chi connectivity index (χ1n) is 6.83. The summed E-state index contributed by atoms with van der Waals surface area (Å²) in [5.41, 5.74) is 5.21. The molecule has 2 aromatic carbocycles. The summed E-state index contributed by atoms with van der Waals surface area (Å²) in [4.78, 5) is 11.7. The summed E-state index contributed by atoms with van der Waals surface area (Å²) in [6, 6.07) is 13.1. The molecule has 0 unspecified atom stereocenters. The number of carbonyl (C=O) groups is 1. The van der Waals surface area contributed by atoms with Crippen molar-refractivity contribution in [2.75, 3.05) is 6.61 Å². The summed E-state index contributed by atoms with van der Waals surface area (Å²) < 4.78 is 5.49. The standard InChI is InChI=1S/C17H17ClN2O2/c1-12-7-8-13(2)16(9-12)22-11-17(21)20-19-10-14-5-3-4-6-15(14)18/h3-10H,11H2,1-2H3,(H,20,21)/b19-10-. The van der Waals surface area contributed by atoms with Gasteiger partial charge < -0.3 is 4.74 Å². The molecule has 0 saturated carbocycles. The topological polar surface area (TPSA) is 50.7 Å². The van der Waals surface area contributed by atoms with Gasteiger partial charge in [0.15, 0.2) is 6.61 Å². The monoisotopic (exact) mass is 316 g/mol. The molecule has 2 aromatic rings. The molecule has 5 heteroatoms. The summed E-state index contributed by atoms with van der Waals surface area (Å²) in [6.45, 7) is 3.81. The Hall–Kier alpha value is -2.33. The van der Waals surface area contributed by atoms with E-state index in [1.165, 1.54) is 6.21 Å². The van der Waals surface area contributed by atoms with Crippen LogP contribution in [0.5, 0.6) is 5.75 Å². The molecular formula is C17H17ClN2O2. The van der Waals surface area contributed by atoms with Gasteiger partial charge in [0.25, 0.3) is 5.91 Å². The smallest absolute Gasteiger partial charge is 0.277 e. The molecule has 0 aliphatic rings. The molecule has 0 radical (unpaired) electrons. The largest absolute Gasteiger partial charge is 0.483 e. The molecule has 2 rings (SSSR count). The molecule has 0 bridgehead atoms. The van der Waals surface area contributed by atoms with Crippen molar-refractivity contribution in [3.8, 4) is 5.75 Å². The predicted octanol–water partition coefficient (Wildman–Crippen LogP) is 3.49. The highest BCUT2D eigenvalue weighted by Crippen LogP contribution is 2.18. The second kappa shape index (κ2) is 7.61. The maximum absolute atomic E-state index is 11.7. The van der Waals surface area contributed by atoms with E-state index < -0.39 is 0 Å². The molecule has 114 valence electrons. The van der Waals surface area contributed by atoms with Gasteiger partial charge in [-0.1, -0.05) is 41.9 Å². The summed E-state index contributed by atoms with van der Waals surface area (Å²) >= 11 is 5.98. The minimum Gasteiger partial charge on any atom is -0.483 e. The van der Waals surface area contributed by atoms with E-state index in [9.17, 15) is 4.79 Å². The zero-order valence-electron chi connectivity index (χ0n) is 12.5. The van der Waals surface area contributed by atoms with Crippen LogP contribution in [0.3, 0.4) is 0 Å². The summed E-state index contributed by atoms with van der Waals surface area (Å²) in [5, 5.41) is 4.44. The Morgan fingerprint density at radius 1 is 1.27 bits per heavy atom. The number of amides is 1. The van der Waals surface area contributed by atoms with Crippen LogP contribution in [0.4, 0.5) is 0 Å². The van der Waals surface area contributed by atoms with Gasteiger partial charge >= 0.3 is 0 Å². The van der Waals surface area contributed by atoms with Crippen LogP contribution in [-0.4, -0.2) is 18.7 Å². The quantitative estimate of drug-likeness (QED) is 0.678. The molecule has 1 N–H and O–H groups in total. The first kappa shape index (κ1) is 16.0. The van der Waals surface area contributed by atoms with Crippen LogP contribution < -0.4 is 10.2 Å². The minimum absolute atomic E-state index is 0.0931. The molecule has 0 aliphatic carbocycles. The fourth-order valence-corrected chi connectivity index (χ4v) is 1.98. The van der Waals surface area contributed by atoms with Gasteiger partial charge in [-0.05, 0) is 37.1 Å². The second-order valence-electron chi connectivity index (χ2n) is 4.87. The van der Waals surface area contributed by atoms with Crippen LogP contribution in [0, 0.1) is 13.8 Å². The molecule has 4 nitrogen and oxygen atoms in total. The highest BCUT2D eigenvalue weighted by molar-refractivity contribution is 6.33. The van der Waals surface area contributed by atoms with Crippen molar-refractivity contribution in [1.82, 2.24) is 5.43 Å². The average Bonchev–Trinajstić information content (AvgIpc) is 2.50. The normalized spacial score (nSPS) is 10.7. The third-order valence-corrected chi connectivity index (χ3v) is 3.34. The number of ether oxygens (including phenoxy) is 1. The highest BCUT2D eigenvalue weighted by atomic mass is 35.5. The van der Waals surface area contributed by atoms with Crippen LogP contribution >= 0.6 is 11.6 Å². The van der Waals surface area contributed by atoms with Gasteiger partial charge in [0, 0.05) is 10.6 Å². The lowest BCUT2D eigenvalue weighted by molar-refractivity contribution is -0.123. The molecule has 0 atom stereocenters. The molecule has 0 heterocycles. The maximum atomic E-state index is 11.7. The Morgan fingerprint density at radius 2 is 2.05 bits per heavy atom. The van der Waals surface area contributed by atoms with Crippen molar-refractivity contribution < 1.29 is 9.53 Å². The lowest BCUT2D eigenvalue weighted by Crippen LogP contribution is -2.24. The number of halogens is 1. The minimum atomic E-state index is -0.329.